The van der Waals surface area contributed by atoms with Crippen molar-refractivity contribution in [3.63, 3.8) is 0 Å². The Morgan fingerprint density at radius 3 is 2.95 bits per heavy atom. The van der Waals surface area contributed by atoms with Gasteiger partial charge in [0.1, 0.15) is 5.75 Å². The number of carbonyl (C=O) groups excluding carboxylic acids is 2. The lowest BCUT2D eigenvalue weighted by atomic mass is 10.0. The Bertz CT molecular complexity index is 625. The Morgan fingerprint density at radius 2 is 2.27 bits per heavy atom. The van der Waals surface area contributed by atoms with Crippen LogP contribution in [0.3, 0.4) is 0 Å². The van der Waals surface area contributed by atoms with Crippen molar-refractivity contribution in [1.29, 1.82) is 0 Å². The number of ether oxygens (including phenoxy) is 1. The molecule has 2 amide bonds. The number of nitrogens with one attached hydrogen (secondary N) is 2. The van der Waals surface area contributed by atoms with Gasteiger partial charge in [-0.05, 0) is 26.0 Å². The van der Waals surface area contributed by atoms with E-state index >= 15 is 0 Å². The summed E-state index contributed by atoms with van der Waals surface area (Å²) in [6.07, 6.45) is 1.53. The summed E-state index contributed by atoms with van der Waals surface area (Å²) < 4.78 is 5.46. The zero-order chi connectivity index (χ0) is 15.9. The topological polar surface area (TPSA) is 92.1 Å². The van der Waals surface area contributed by atoms with Crippen molar-refractivity contribution in [1.82, 2.24) is 10.9 Å². The van der Waals surface area contributed by atoms with Gasteiger partial charge in [-0.2, -0.15) is 10.2 Å². The van der Waals surface area contributed by atoms with Gasteiger partial charge in [-0.25, -0.2) is 10.9 Å². The molecule has 7 heteroatoms. The molecular weight excluding hydrogens is 284 g/mol. The first-order valence-electron chi connectivity index (χ1n) is 6.99. The van der Waals surface area contributed by atoms with Crippen molar-refractivity contribution in [2.45, 2.75) is 20.3 Å². The average Bonchev–Trinajstić information content (AvgIpc) is 2.81. The Balaban J connectivity index is 1.91. The van der Waals surface area contributed by atoms with Crippen molar-refractivity contribution in [2.75, 3.05) is 6.61 Å². The van der Waals surface area contributed by atoms with Crippen molar-refractivity contribution < 1.29 is 14.3 Å². The number of benzene rings is 1. The van der Waals surface area contributed by atoms with Crippen LogP contribution in [0.25, 0.3) is 0 Å². The summed E-state index contributed by atoms with van der Waals surface area (Å²) in [4.78, 5) is 23.3. The minimum atomic E-state index is -0.522. The fraction of sp³-hybridized carbons (Fsp3) is 0.333. The highest BCUT2D eigenvalue weighted by Crippen LogP contribution is 2.15. The molecule has 1 aliphatic heterocycles. The van der Waals surface area contributed by atoms with E-state index in [0.29, 0.717) is 18.1 Å². The zero-order valence-electron chi connectivity index (χ0n) is 12.5. The van der Waals surface area contributed by atoms with Gasteiger partial charge in [0.25, 0.3) is 0 Å². The Hall–Kier alpha value is -2.70. The third-order valence-corrected chi connectivity index (χ3v) is 3.16. The summed E-state index contributed by atoms with van der Waals surface area (Å²) in [5, 5.41) is 7.69. The standard InChI is InChI=1S/C15H18N4O3/c1-3-22-13-7-5-4-6-11(13)9-16-18-14(20)8-12-10(2)17-19-15(12)21/h4-7,9,12H,3,8H2,1-2H3,(H,18,20)(H,19,21)/b16-9-/t12-/m0/s1. The van der Waals surface area contributed by atoms with Crippen molar-refractivity contribution in [3.8, 4) is 5.75 Å². The molecule has 1 aliphatic rings. The predicted molar refractivity (Wildman–Crippen MR) is 82.7 cm³/mol. The van der Waals surface area contributed by atoms with E-state index in [2.05, 4.69) is 21.1 Å². The SMILES string of the molecule is CCOc1ccccc1/C=N\NC(=O)C[C@@H]1C(=O)NN=C1C. The predicted octanol–water partition coefficient (Wildman–Crippen LogP) is 1.05. The summed E-state index contributed by atoms with van der Waals surface area (Å²) in [7, 11) is 0. The van der Waals surface area contributed by atoms with Crippen molar-refractivity contribution in [3.05, 3.63) is 29.8 Å². The van der Waals surface area contributed by atoms with Gasteiger partial charge in [0.05, 0.1) is 18.7 Å². The van der Waals surface area contributed by atoms with Crippen LogP contribution in [0, 0.1) is 5.92 Å². The van der Waals surface area contributed by atoms with Crippen LogP contribution in [0.15, 0.2) is 34.5 Å². The quantitative estimate of drug-likeness (QED) is 0.607. The van der Waals surface area contributed by atoms with E-state index in [1.807, 2.05) is 31.2 Å². The average molecular weight is 302 g/mol. The number of amides is 2. The minimum absolute atomic E-state index is 0.0195. The number of hydrazone groups is 2. The molecule has 0 aromatic heterocycles. The molecule has 0 aliphatic carbocycles. The van der Waals surface area contributed by atoms with E-state index in [1.165, 1.54) is 6.21 Å². The summed E-state index contributed by atoms with van der Waals surface area (Å²) in [5.41, 5.74) is 6.12. The number of hydrogen-bond acceptors (Lipinski definition) is 5. The maximum Gasteiger partial charge on any atom is 0.249 e. The summed E-state index contributed by atoms with van der Waals surface area (Å²) in [5.74, 6) is -0.438. The van der Waals surface area contributed by atoms with E-state index in [9.17, 15) is 9.59 Å². The molecule has 1 atom stereocenters. The molecule has 22 heavy (non-hydrogen) atoms. The molecular formula is C15H18N4O3. The fourth-order valence-corrected chi connectivity index (χ4v) is 2.01. The Morgan fingerprint density at radius 1 is 1.50 bits per heavy atom. The van der Waals surface area contributed by atoms with Crippen LogP contribution in [-0.2, 0) is 9.59 Å². The molecule has 116 valence electrons. The number of nitrogens with zero attached hydrogens (tertiary/aromatic N) is 2. The Kier molecular flexibility index (Phi) is 5.24. The van der Waals surface area contributed by atoms with Crippen LogP contribution in [0.4, 0.5) is 0 Å². The molecule has 1 aromatic rings. The van der Waals surface area contributed by atoms with Gasteiger partial charge in [0, 0.05) is 17.7 Å². The first-order valence-corrected chi connectivity index (χ1v) is 6.99. The largest absolute Gasteiger partial charge is 0.493 e. The van der Waals surface area contributed by atoms with Gasteiger partial charge >= 0.3 is 0 Å². The molecule has 0 unspecified atom stereocenters. The van der Waals surface area contributed by atoms with Gasteiger partial charge in [-0.3, -0.25) is 9.59 Å². The summed E-state index contributed by atoms with van der Waals surface area (Å²) in [6, 6.07) is 7.38. The van der Waals surface area contributed by atoms with E-state index in [1.54, 1.807) is 6.92 Å². The van der Waals surface area contributed by atoms with E-state index in [0.717, 1.165) is 5.56 Å². The van der Waals surface area contributed by atoms with Gasteiger partial charge in [-0.1, -0.05) is 12.1 Å². The summed E-state index contributed by atoms with van der Waals surface area (Å²) in [6.45, 7) is 4.15. The molecule has 2 rings (SSSR count). The van der Waals surface area contributed by atoms with Crippen LogP contribution in [0.5, 0.6) is 5.75 Å². The van der Waals surface area contributed by atoms with Crippen LogP contribution in [-0.4, -0.2) is 30.3 Å². The third-order valence-electron chi connectivity index (χ3n) is 3.16. The maximum atomic E-state index is 11.8. The lowest BCUT2D eigenvalue weighted by Crippen LogP contribution is -2.29. The van der Waals surface area contributed by atoms with Crippen molar-refractivity contribution >= 4 is 23.7 Å². The lowest BCUT2D eigenvalue weighted by Gasteiger charge is -2.07. The smallest absolute Gasteiger partial charge is 0.249 e. The molecule has 7 nitrogen and oxygen atoms in total. The van der Waals surface area contributed by atoms with E-state index < -0.39 is 5.92 Å². The highest BCUT2D eigenvalue weighted by molar-refractivity contribution is 6.09. The third kappa shape index (κ3) is 3.91. The second-order valence-corrected chi connectivity index (χ2v) is 4.75. The van der Waals surface area contributed by atoms with Crippen LogP contribution >= 0.6 is 0 Å². The number of para-hydroxylation sites is 1. The molecule has 1 heterocycles. The molecule has 0 fully saturated rings. The summed E-state index contributed by atoms with van der Waals surface area (Å²) >= 11 is 0. The fourth-order valence-electron chi connectivity index (χ4n) is 2.01. The maximum absolute atomic E-state index is 11.8. The van der Waals surface area contributed by atoms with E-state index in [4.69, 9.17) is 4.74 Å². The molecule has 0 radical (unpaired) electrons. The zero-order valence-corrected chi connectivity index (χ0v) is 12.5. The van der Waals surface area contributed by atoms with Crippen LogP contribution in [0.2, 0.25) is 0 Å². The minimum Gasteiger partial charge on any atom is -0.493 e. The lowest BCUT2D eigenvalue weighted by molar-refractivity contribution is -0.127. The van der Waals surface area contributed by atoms with Crippen LogP contribution < -0.4 is 15.6 Å². The van der Waals surface area contributed by atoms with Gasteiger partial charge < -0.3 is 4.74 Å². The van der Waals surface area contributed by atoms with Crippen LogP contribution in [0.1, 0.15) is 25.8 Å². The number of carbonyl (C=O) groups is 2. The van der Waals surface area contributed by atoms with Gasteiger partial charge in [0.2, 0.25) is 11.8 Å². The normalized spacial score (nSPS) is 17.3. The van der Waals surface area contributed by atoms with E-state index in [-0.39, 0.29) is 18.2 Å². The molecule has 0 saturated heterocycles. The molecule has 0 spiro atoms. The highest BCUT2D eigenvalue weighted by atomic mass is 16.5. The Labute approximate surface area is 128 Å². The van der Waals surface area contributed by atoms with Gasteiger partial charge in [-0.15, -0.1) is 0 Å². The number of rotatable bonds is 6. The first kappa shape index (κ1) is 15.7. The first-order chi connectivity index (χ1) is 10.6. The molecule has 2 N–H and O–H groups in total. The number of hydrogen-bond donors (Lipinski definition) is 2. The monoisotopic (exact) mass is 302 g/mol. The highest BCUT2D eigenvalue weighted by Gasteiger charge is 2.28. The second-order valence-electron chi connectivity index (χ2n) is 4.75. The second kappa shape index (κ2) is 7.35. The molecule has 0 bridgehead atoms. The molecule has 0 saturated carbocycles. The van der Waals surface area contributed by atoms with Crippen molar-refractivity contribution in [2.24, 2.45) is 16.1 Å². The van der Waals surface area contributed by atoms with Gasteiger partial charge in [0.15, 0.2) is 0 Å². The molecule has 1 aromatic carbocycles.